The lowest BCUT2D eigenvalue weighted by Gasteiger charge is -2.22. The van der Waals surface area contributed by atoms with Crippen LogP contribution in [0.1, 0.15) is 91.1 Å². The summed E-state index contributed by atoms with van der Waals surface area (Å²) in [6, 6.07) is 8.02. The summed E-state index contributed by atoms with van der Waals surface area (Å²) in [5.74, 6) is -1.22. The second-order valence-corrected chi connectivity index (χ2v) is 9.99. The van der Waals surface area contributed by atoms with Crippen LogP contribution in [0, 0.1) is 30.0 Å². The summed E-state index contributed by atoms with van der Waals surface area (Å²) >= 11 is 0. The van der Waals surface area contributed by atoms with E-state index in [1.54, 1.807) is 23.1 Å². The van der Waals surface area contributed by atoms with E-state index in [0.717, 1.165) is 30.9 Å². The van der Waals surface area contributed by atoms with Crippen LogP contribution in [0.25, 0.3) is 0 Å². The van der Waals surface area contributed by atoms with Crippen LogP contribution in [0.4, 0.5) is 8.78 Å². The third-order valence-electron chi connectivity index (χ3n) is 6.30. The maximum atomic E-state index is 13.9. The van der Waals surface area contributed by atoms with E-state index in [0.29, 0.717) is 61.4 Å². The average Bonchev–Trinajstić information content (AvgIpc) is 2.89. The molecule has 0 radical (unpaired) electrons. The Morgan fingerprint density at radius 2 is 1.62 bits per heavy atom. The number of amidine groups is 1. The number of carbonyl (C=O) groups excluding carboxylic acids is 2. The molecule has 2 N–H and O–H groups in total. The molecule has 2 aromatic carbocycles. The van der Waals surface area contributed by atoms with Crippen molar-refractivity contribution in [1.29, 1.82) is 5.26 Å². The Kier molecular flexibility index (Phi) is 13.8. The summed E-state index contributed by atoms with van der Waals surface area (Å²) in [5, 5.41) is 14.5. The molecule has 0 saturated heterocycles. The van der Waals surface area contributed by atoms with Gasteiger partial charge in [-0.3, -0.25) is 19.9 Å². The highest BCUT2D eigenvalue weighted by molar-refractivity contribution is 6.00. The first-order valence-electron chi connectivity index (χ1n) is 14.1. The molecule has 40 heavy (non-hydrogen) atoms. The van der Waals surface area contributed by atoms with Crippen molar-refractivity contribution in [3.05, 3.63) is 70.3 Å². The topological polar surface area (TPSA) is 97.6 Å². The minimum Gasteiger partial charge on any atom is -0.349 e. The van der Waals surface area contributed by atoms with Gasteiger partial charge in [-0.2, -0.15) is 5.26 Å². The molecule has 0 heterocycles. The van der Waals surface area contributed by atoms with Crippen molar-refractivity contribution in [2.24, 2.45) is 4.99 Å². The van der Waals surface area contributed by atoms with E-state index >= 15 is 0 Å². The number of carbonyl (C=O) groups is 2. The number of aliphatic imine (C=N–C) groups is 1. The Morgan fingerprint density at radius 3 is 2.23 bits per heavy atom. The lowest BCUT2D eigenvalue weighted by atomic mass is 10.00. The molecule has 2 aromatic rings. The van der Waals surface area contributed by atoms with Crippen LogP contribution in [0.3, 0.4) is 0 Å². The zero-order valence-corrected chi connectivity index (χ0v) is 24.0. The van der Waals surface area contributed by atoms with Crippen LogP contribution in [-0.2, 0) is 6.42 Å². The van der Waals surface area contributed by atoms with Crippen molar-refractivity contribution >= 4 is 17.6 Å². The molecule has 216 valence electrons. The van der Waals surface area contributed by atoms with Gasteiger partial charge in [-0.05, 0) is 86.9 Å². The quantitative estimate of drug-likeness (QED) is 0.0940. The van der Waals surface area contributed by atoms with Gasteiger partial charge in [0.2, 0.25) is 0 Å². The van der Waals surface area contributed by atoms with Crippen LogP contribution in [-0.4, -0.2) is 48.2 Å². The Labute approximate surface area is 236 Å². The molecule has 1 unspecified atom stereocenters. The number of amides is 2. The fraction of sp³-hybridized carbons (Fsp3) is 0.484. The molecule has 0 aliphatic rings. The van der Waals surface area contributed by atoms with E-state index < -0.39 is 17.7 Å². The van der Waals surface area contributed by atoms with E-state index in [4.69, 9.17) is 5.26 Å². The van der Waals surface area contributed by atoms with Crippen molar-refractivity contribution in [3.8, 4) is 6.19 Å². The van der Waals surface area contributed by atoms with Gasteiger partial charge in [0.15, 0.2) is 6.19 Å². The summed E-state index contributed by atoms with van der Waals surface area (Å²) in [6.07, 6.45) is 6.37. The standard InChI is InChI=1S/C31H41F2N5O2/c1-5-9-29(36-21-34)35-11-8-10-28(18-23-16-26(32)20-27(33)17-23)37-30(39)24-14-22(4)15-25(19-24)31(40)38(12-6-2)13-7-3/h14-17,19-20,28H,5-13,18H2,1-4H3,(H,35,36)(H,37,39). The number of benzene rings is 2. The average molecular weight is 554 g/mol. The molecule has 0 spiro atoms. The Bertz CT molecular complexity index is 1180. The lowest BCUT2D eigenvalue weighted by Crippen LogP contribution is -2.37. The van der Waals surface area contributed by atoms with Crippen molar-refractivity contribution < 1.29 is 18.4 Å². The highest BCUT2D eigenvalue weighted by Gasteiger charge is 2.20. The van der Waals surface area contributed by atoms with Crippen molar-refractivity contribution in [3.63, 3.8) is 0 Å². The number of nitrogens with one attached hydrogen (secondary N) is 2. The van der Waals surface area contributed by atoms with Crippen molar-refractivity contribution in [2.75, 3.05) is 19.6 Å². The van der Waals surface area contributed by atoms with Crippen LogP contribution < -0.4 is 10.6 Å². The van der Waals surface area contributed by atoms with E-state index in [-0.39, 0.29) is 18.2 Å². The summed E-state index contributed by atoms with van der Waals surface area (Å²) in [4.78, 5) is 32.8. The smallest absolute Gasteiger partial charge is 0.253 e. The SMILES string of the molecule is CCCC(=NCCCC(Cc1cc(F)cc(F)c1)NC(=O)c1cc(C)cc(C(=O)N(CCC)CCC)c1)NC#N. The first-order chi connectivity index (χ1) is 19.2. The molecule has 2 amide bonds. The summed E-state index contributed by atoms with van der Waals surface area (Å²) in [5.41, 5.74) is 2.03. The first kappa shape index (κ1) is 32.4. The van der Waals surface area contributed by atoms with E-state index in [1.807, 2.05) is 33.9 Å². The fourth-order valence-electron chi connectivity index (χ4n) is 4.62. The fourth-order valence-corrected chi connectivity index (χ4v) is 4.62. The molecule has 0 aliphatic carbocycles. The van der Waals surface area contributed by atoms with Gasteiger partial charge < -0.3 is 10.2 Å². The molecule has 9 heteroatoms. The molecule has 0 bridgehead atoms. The van der Waals surface area contributed by atoms with Crippen LogP contribution in [0.5, 0.6) is 0 Å². The van der Waals surface area contributed by atoms with Gasteiger partial charge in [0.05, 0.1) is 0 Å². The van der Waals surface area contributed by atoms with E-state index in [2.05, 4.69) is 15.6 Å². The van der Waals surface area contributed by atoms with Crippen molar-refractivity contribution in [2.45, 2.75) is 78.7 Å². The van der Waals surface area contributed by atoms with Gasteiger partial charge in [-0.25, -0.2) is 8.78 Å². The van der Waals surface area contributed by atoms with Crippen LogP contribution in [0.2, 0.25) is 0 Å². The summed E-state index contributed by atoms with van der Waals surface area (Å²) in [6.45, 7) is 9.58. The molecule has 0 fully saturated rings. The Morgan fingerprint density at radius 1 is 0.975 bits per heavy atom. The summed E-state index contributed by atoms with van der Waals surface area (Å²) < 4.78 is 27.7. The highest BCUT2D eigenvalue weighted by atomic mass is 19.1. The number of aryl methyl sites for hydroxylation is 1. The molecule has 1 atom stereocenters. The zero-order valence-electron chi connectivity index (χ0n) is 24.0. The minimum atomic E-state index is -0.679. The first-order valence-corrected chi connectivity index (χ1v) is 14.1. The number of nitrogens with zero attached hydrogens (tertiary/aromatic N) is 3. The number of nitriles is 1. The number of hydrogen-bond donors (Lipinski definition) is 2. The molecule has 0 aromatic heterocycles. The molecular formula is C31H41F2N5O2. The van der Waals surface area contributed by atoms with Crippen molar-refractivity contribution in [1.82, 2.24) is 15.5 Å². The molecular weight excluding hydrogens is 512 g/mol. The predicted octanol–water partition coefficient (Wildman–Crippen LogP) is 5.93. The highest BCUT2D eigenvalue weighted by Crippen LogP contribution is 2.16. The van der Waals surface area contributed by atoms with Crippen LogP contribution >= 0.6 is 0 Å². The second kappa shape index (κ2) is 17.0. The van der Waals surface area contributed by atoms with Gasteiger partial charge >= 0.3 is 0 Å². The third-order valence-corrected chi connectivity index (χ3v) is 6.30. The molecule has 7 nitrogen and oxygen atoms in total. The zero-order chi connectivity index (χ0) is 29.5. The van der Waals surface area contributed by atoms with Gasteiger partial charge in [0.25, 0.3) is 11.8 Å². The van der Waals surface area contributed by atoms with Gasteiger partial charge in [-0.1, -0.05) is 20.8 Å². The maximum Gasteiger partial charge on any atom is 0.253 e. The van der Waals surface area contributed by atoms with E-state index in [9.17, 15) is 18.4 Å². The van der Waals surface area contributed by atoms with E-state index in [1.165, 1.54) is 12.1 Å². The monoisotopic (exact) mass is 553 g/mol. The normalized spacial score (nSPS) is 12.0. The van der Waals surface area contributed by atoms with Crippen LogP contribution in [0.15, 0.2) is 41.4 Å². The third kappa shape index (κ3) is 10.8. The number of rotatable bonds is 15. The predicted molar refractivity (Wildman–Crippen MR) is 154 cm³/mol. The lowest BCUT2D eigenvalue weighted by molar-refractivity contribution is 0.0755. The van der Waals surface area contributed by atoms with Gasteiger partial charge in [0, 0.05) is 49.3 Å². The molecule has 2 rings (SSSR count). The Hall–Kier alpha value is -3.80. The number of halogens is 2. The van der Waals surface area contributed by atoms with Gasteiger partial charge in [-0.15, -0.1) is 0 Å². The largest absolute Gasteiger partial charge is 0.349 e. The minimum absolute atomic E-state index is 0.111. The number of hydrogen-bond acceptors (Lipinski definition) is 4. The summed E-state index contributed by atoms with van der Waals surface area (Å²) in [7, 11) is 0. The maximum absolute atomic E-state index is 13.9. The van der Waals surface area contributed by atoms with Gasteiger partial charge in [0.1, 0.15) is 17.5 Å². The Balaban J connectivity index is 2.25. The molecule has 0 saturated carbocycles. The second-order valence-electron chi connectivity index (χ2n) is 9.99. The molecule has 0 aliphatic heterocycles.